The summed E-state index contributed by atoms with van der Waals surface area (Å²) >= 11 is 3.86. The molecule has 1 saturated heterocycles. The molecule has 15 heavy (non-hydrogen) atoms. The fraction of sp³-hybridized carbons (Fsp3) is 0.500. The molecule has 1 aromatic heterocycles. The van der Waals surface area contributed by atoms with E-state index in [1.165, 1.54) is 5.75 Å². The molecule has 5 heteroatoms. The Balaban J connectivity index is 2.16. The largest absolute Gasteiger partial charge is 0.298 e. The van der Waals surface area contributed by atoms with Crippen LogP contribution in [0.1, 0.15) is 28.4 Å². The van der Waals surface area contributed by atoms with Crippen LogP contribution >= 0.6 is 23.5 Å². The highest BCUT2D eigenvalue weighted by Crippen LogP contribution is 2.40. The molecule has 1 aliphatic rings. The molecule has 2 rings (SSSR count). The van der Waals surface area contributed by atoms with Crippen molar-refractivity contribution in [3.05, 3.63) is 23.8 Å². The second-order valence-corrected chi connectivity index (χ2v) is 6.09. The minimum Gasteiger partial charge on any atom is -0.298 e. The second-order valence-electron chi connectivity index (χ2n) is 3.36. The van der Waals surface area contributed by atoms with Crippen molar-refractivity contribution in [3.8, 4) is 0 Å². The van der Waals surface area contributed by atoms with E-state index in [0.29, 0.717) is 16.1 Å². The number of aldehydes is 1. The molecule has 0 aliphatic carbocycles. The van der Waals surface area contributed by atoms with Gasteiger partial charge >= 0.3 is 0 Å². The highest BCUT2D eigenvalue weighted by molar-refractivity contribution is 8.06. The zero-order valence-electron chi connectivity index (χ0n) is 8.42. The summed E-state index contributed by atoms with van der Waals surface area (Å²) in [6.07, 6.45) is 3.97. The van der Waals surface area contributed by atoms with Gasteiger partial charge in [0.25, 0.3) is 0 Å². The smallest absolute Gasteiger partial charge is 0.153 e. The molecule has 0 N–H and O–H groups in total. The SMILES string of the molecule is CC1SCCSC1c1ncc(C=O)cn1. The summed E-state index contributed by atoms with van der Waals surface area (Å²) in [6, 6.07) is 0. The van der Waals surface area contributed by atoms with Gasteiger partial charge in [-0.3, -0.25) is 4.79 Å². The fourth-order valence-electron chi connectivity index (χ4n) is 1.47. The van der Waals surface area contributed by atoms with Crippen LogP contribution in [0.2, 0.25) is 0 Å². The first-order chi connectivity index (χ1) is 7.31. The number of carbonyl (C=O) groups excluding carboxylic acids is 1. The number of thioether (sulfide) groups is 2. The quantitative estimate of drug-likeness (QED) is 0.741. The van der Waals surface area contributed by atoms with Crippen LogP contribution < -0.4 is 0 Å². The van der Waals surface area contributed by atoms with Crippen molar-refractivity contribution in [1.82, 2.24) is 9.97 Å². The third kappa shape index (κ3) is 2.52. The molecule has 1 aliphatic heterocycles. The van der Waals surface area contributed by atoms with E-state index in [0.717, 1.165) is 17.9 Å². The summed E-state index contributed by atoms with van der Waals surface area (Å²) in [5.74, 6) is 3.21. The summed E-state index contributed by atoms with van der Waals surface area (Å²) in [7, 11) is 0. The third-order valence-electron chi connectivity index (χ3n) is 2.27. The number of aromatic nitrogens is 2. The van der Waals surface area contributed by atoms with Crippen LogP contribution in [0.4, 0.5) is 0 Å². The minimum absolute atomic E-state index is 0.365. The zero-order chi connectivity index (χ0) is 10.7. The maximum atomic E-state index is 10.5. The van der Waals surface area contributed by atoms with Gasteiger partial charge in [-0.1, -0.05) is 6.92 Å². The number of rotatable bonds is 2. The van der Waals surface area contributed by atoms with Gasteiger partial charge in [-0.05, 0) is 0 Å². The Hall–Kier alpha value is -0.550. The first kappa shape index (κ1) is 11.0. The molecule has 2 unspecified atom stereocenters. The van der Waals surface area contributed by atoms with E-state index >= 15 is 0 Å². The lowest BCUT2D eigenvalue weighted by Crippen LogP contribution is -2.18. The number of hydrogen-bond donors (Lipinski definition) is 0. The van der Waals surface area contributed by atoms with Crippen molar-refractivity contribution in [2.24, 2.45) is 0 Å². The first-order valence-electron chi connectivity index (χ1n) is 4.81. The van der Waals surface area contributed by atoms with E-state index in [4.69, 9.17) is 0 Å². The topological polar surface area (TPSA) is 42.9 Å². The summed E-state index contributed by atoms with van der Waals surface area (Å²) in [4.78, 5) is 19.0. The van der Waals surface area contributed by atoms with Crippen molar-refractivity contribution < 1.29 is 4.79 Å². The molecule has 0 aromatic carbocycles. The Morgan fingerprint density at radius 2 is 2.00 bits per heavy atom. The molecule has 0 spiro atoms. The van der Waals surface area contributed by atoms with Crippen LogP contribution in [-0.2, 0) is 0 Å². The van der Waals surface area contributed by atoms with Gasteiger partial charge in [0.05, 0.1) is 10.8 Å². The lowest BCUT2D eigenvalue weighted by atomic mass is 10.3. The van der Waals surface area contributed by atoms with Gasteiger partial charge < -0.3 is 0 Å². The standard InChI is InChI=1S/C10H12N2OS2/c1-7-9(15-3-2-14-7)10-11-4-8(6-13)5-12-10/h4-7,9H,2-3H2,1H3. The monoisotopic (exact) mass is 240 g/mol. The Labute approximate surface area is 97.5 Å². The van der Waals surface area contributed by atoms with Crippen molar-refractivity contribution in [3.63, 3.8) is 0 Å². The highest BCUT2D eigenvalue weighted by atomic mass is 32.2. The average molecular weight is 240 g/mol. The number of carbonyl (C=O) groups is 1. The van der Waals surface area contributed by atoms with Crippen LogP contribution in [0.5, 0.6) is 0 Å². The molecule has 1 aromatic rings. The van der Waals surface area contributed by atoms with Gasteiger partial charge in [-0.25, -0.2) is 9.97 Å². The van der Waals surface area contributed by atoms with E-state index in [1.54, 1.807) is 12.4 Å². The third-order valence-corrected chi connectivity index (χ3v) is 5.36. The number of hydrogen-bond acceptors (Lipinski definition) is 5. The Morgan fingerprint density at radius 3 is 2.60 bits per heavy atom. The molecule has 0 amide bonds. The van der Waals surface area contributed by atoms with Gasteiger partial charge in [0.15, 0.2) is 6.29 Å². The molecule has 0 radical (unpaired) electrons. The molecular weight excluding hydrogens is 228 g/mol. The normalized spacial score (nSPS) is 26.2. The summed E-state index contributed by atoms with van der Waals surface area (Å²) in [5, 5.41) is 0.912. The lowest BCUT2D eigenvalue weighted by molar-refractivity contribution is 0.112. The van der Waals surface area contributed by atoms with E-state index in [-0.39, 0.29) is 0 Å². The Morgan fingerprint density at radius 1 is 1.33 bits per heavy atom. The zero-order valence-corrected chi connectivity index (χ0v) is 10.1. The first-order valence-corrected chi connectivity index (χ1v) is 6.91. The van der Waals surface area contributed by atoms with E-state index in [1.807, 2.05) is 23.5 Å². The van der Waals surface area contributed by atoms with Crippen LogP contribution in [0.25, 0.3) is 0 Å². The molecular formula is C10H12N2OS2. The number of nitrogens with zero attached hydrogens (tertiary/aromatic N) is 2. The molecule has 2 heterocycles. The molecule has 2 atom stereocenters. The molecule has 3 nitrogen and oxygen atoms in total. The van der Waals surface area contributed by atoms with Crippen LogP contribution in [-0.4, -0.2) is 33.0 Å². The van der Waals surface area contributed by atoms with E-state index in [2.05, 4.69) is 16.9 Å². The van der Waals surface area contributed by atoms with Crippen molar-refractivity contribution in [1.29, 1.82) is 0 Å². The Bertz CT molecular complexity index is 342. The summed E-state index contributed by atoms with van der Waals surface area (Å²) < 4.78 is 0. The Kier molecular flexibility index (Phi) is 3.64. The molecule has 1 fully saturated rings. The predicted octanol–water partition coefficient (Wildman–Crippen LogP) is 2.20. The van der Waals surface area contributed by atoms with Crippen LogP contribution in [0, 0.1) is 0 Å². The average Bonchev–Trinajstić information content (AvgIpc) is 2.30. The van der Waals surface area contributed by atoms with Gasteiger partial charge in [-0.2, -0.15) is 11.8 Å². The molecule has 80 valence electrons. The van der Waals surface area contributed by atoms with Crippen LogP contribution in [0.3, 0.4) is 0 Å². The summed E-state index contributed by atoms with van der Waals surface area (Å²) in [6.45, 7) is 2.21. The lowest BCUT2D eigenvalue weighted by Gasteiger charge is -2.26. The maximum absolute atomic E-state index is 10.5. The van der Waals surface area contributed by atoms with E-state index < -0.39 is 0 Å². The fourth-order valence-corrected chi connectivity index (χ4v) is 4.18. The van der Waals surface area contributed by atoms with Crippen molar-refractivity contribution >= 4 is 29.8 Å². The minimum atomic E-state index is 0.365. The van der Waals surface area contributed by atoms with Crippen molar-refractivity contribution in [2.45, 2.75) is 17.4 Å². The van der Waals surface area contributed by atoms with E-state index in [9.17, 15) is 4.79 Å². The van der Waals surface area contributed by atoms with Gasteiger partial charge in [-0.15, -0.1) is 11.8 Å². The van der Waals surface area contributed by atoms with Crippen molar-refractivity contribution in [2.75, 3.05) is 11.5 Å². The predicted molar refractivity (Wildman–Crippen MR) is 64.5 cm³/mol. The highest BCUT2D eigenvalue weighted by Gasteiger charge is 2.26. The summed E-state index contributed by atoms with van der Waals surface area (Å²) in [5.41, 5.74) is 0.542. The van der Waals surface area contributed by atoms with Gasteiger partial charge in [0.1, 0.15) is 5.82 Å². The van der Waals surface area contributed by atoms with Crippen LogP contribution in [0.15, 0.2) is 12.4 Å². The second kappa shape index (κ2) is 4.99. The van der Waals surface area contributed by atoms with Gasteiger partial charge in [0.2, 0.25) is 0 Å². The molecule has 0 saturated carbocycles. The van der Waals surface area contributed by atoms with Gasteiger partial charge in [0, 0.05) is 29.1 Å². The molecule has 0 bridgehead atoms. The maximum Gasteiger partial charge on any atom is 0.153 e.